The van der Waals surface area contributed by atoms with Crippen LogP contribution in [0.15, 0.2) is 6.33 Å². The molecule has 1 heterocycles. The largest absolute Gasteiger partial charge is 0.394 e. The molecule has 2 unspecified atom stereocenters. The van der Waals surface area contributed by atoms with E-state index in [9.17, 15) is 5.11 Å². The van der Waals surface area contributed by atoms with Crippen molar-refractivity contribution >= 4 is 11.6 Å². The first-order valence-electron chi connectivity index (χ1n) is 7.08. The van der Waals surface area contributed by atoms with Gasteiger partial charge in [-0.2, -0.15) is 0 Å². The molecule has 1 saturated carbocycles. The Kier molecular flexibility index (Phi) is 4.24. The standard InChI is InChI=1S/C14H24N4O/c1-3-11-12(15)16-9-17-13(11)18-14(8-19)6-4-5-10(2)7-14/h9-10,19H,3-8H2,1-2H3,(H3,15,16,17,18). The fourth-order valence-corrected chi connectivity index (χ4v) is 3.09. The van der Waals surface area contributed by atoms with Crippen LogP contribution in [-0.2, 0) is 6.42 Å². The van der Waals surface area contributed by atoms with E-state index in [2.05, 4.69) is 22.2 Å². The summed E-state index contributed by atoms with van der Waals surface area (Å²) in [6.45, 7) is 4.40. The molecule has 0 aromatic carbocycles. The highest BCUT2D eigenvalue weighted by Gasteiger charge is 2.35. The Morgan fingerprint density at radius 3 is 2.95 bits per heavy atom. The average Bonchev–Trinajstić information content (AvgIpc) is 2.39. The quantitative estimate of drug-likeness (QED) is 0.774. The molecule has 0 spiro atoms. The second-order valence-corrected chi connectivity index (χ2v) is 5.70. The van der Waals surface area contributed by atoms with E-state index in [4.69, 9.17) is 5.73 Å². The van der Waals surface area contributed by atoms with Crippen LogP contribution in [0.2, 0.25) is 0 Å². The Hall–Kier alpha value is -1.36. The summed E-state index contributed by atoms with van der Waals surface area (Å²) in [6.07, 6.45) is 6.57. The van der Waals surface area contributed by atoms with E-state index in [1.807, 2.05) is 6.92 Å². The maximum Gasteiger partial charge on any atom is 0.135 e. The van der Waals surface area contributed by atoms with Gasteiger partial charge in [0.2, 0.25) is 0 Å². The minimum Gasteiger partial charge on any atom is -0.394 e. The van der Waals surface area contributed by atoms with Crippen LogP contribution in [0, 0.1) is 5.92 Å². The van der Waals surface area contributed by atoms with Gasteiger partial charge in [-0.15, -0.1) is 0 Å². The molecule has 4 N–H and O–H groups in total. The fraction of sp³-hybridized carbons (Fsp3) is 0.714. The van der Waals surface area contributed by atoms with Crippen LogP contribution >= 0.6 is 0 Å². The lowest BCUT2D eigenvalue weighted by atomic mass is 9.76. The van der Waals surface area contributed by atoms with Crippen LogP contribution < -0.4 is 11.1 Å². The summed E-state index contributed by atoms with van der Waals surface area (Å²) < 4.78 is 0. The van der Waals surface area contributed by atoms with Gasteiger partial charge < -0.3 is 16.2 Å². The second-order valence-electron chi connectivity index (χ2n) is 5.70. The number of nitrogens with one attached hydrogen (secondary N) is 1. The van der Waals surface area contributed by atoms with E-state index in [1.54, 1.807) is 0 Å². The number of aliphatic hydroxyl groups excluding tert-OH is 1. The van der Waals surface area contributed by atoms with Gasteiger partial charge in [-0.05, 0) is 25.2 Å². The van der Waals surface area contributed by atoms with Gasteiger partial charge in [0.25, 0.3) is 0 Å². The van der Waals surface area contributed by atoms with Crippen LogP contribution in [0.4, 0.5) is 11.6 Å². The Labute approximate surface area is 114 Å². The summed E-state index contributed by atoms with van der Waals surface area (Å²) in [5.41, 5.74) is 6.57. The summed E-state index contributed by atoms with van der Waals surface area (Å²) in [5.74, 6) is 1.92. The molecule has 2 rings (SSSR count). The number of aliphatic hydroxyl groups is 1. The number of anilines is 2. The highest BCUT2D eigenvalue weighted by Crippen LogP contribution is 2.35. The van der Waals surface area contributed by atoms with E-state index in [-0.39, 0.29) is 12.1 Å². The number of hydrogen-bond donors (Lipinski definition) is 3. The first-order valence-corrected chi connectivity index (χ1v) is 7.08. The maximum atomic E-state index is 9.82. The minimum atomic E-state index is -0.262. The third kappa shape index (κ3) is 2.97. The molecule has 1 aromatic rings. The molecule has 0 aliphatic heterocycles. The smallest absolute Gasteiger partial charge is 0.135 e. The van der Waals surface area contributed by atoms with E-state index in [1.165, 1.54) is 12.7 Å². The van der Waals surface area contributed by atoms with Crippen molar-refractivity contribution in [1.82, 2.24) is 9.97 Å². The first kappa shape index (κ1) is 14.1. The van der Waals surface area contributed by atoms with Crippen molar-refractivity contribution in [3.05, 3.63) is 11.9 Å². The van der Waals surface area contributed by atoms with Gasteiger partial charge in [-0.25, -0.2) is 9.97 Å². The normalized spacial score (nSPS) is 27.2. The van der Waals surface area contributed by atoms with Crippen molar-refractivity contribution in [2.45, 2.75) is 51.5 Å². The number of nitrogens with zero attached hydrogens (tertiary/aromatic N) is 2. The molecule has 0 amide bonds. The average molecular weight is 264 g/mol. The lowest BCUT2D eigenvalue weighted by Gasteiger charge is -2.40. The molecular formula is C14H24N4O. The minimum absolute atomic E-state index is 0.129. The van der Waals surface area contributed by atoms with Crippen LogP contribution in [0.3, 0.4) is 0 Å². The predicted octanol–water partition coefficient (Wildman–Crippen LogP) is 1.97. The molecule has 5 nitrogen and oxygen atoms in total. The molecule has 1 aliphatic carbocycles. The zero-order valence-corrected chi connectivity index (χ0v) is 11.8. The lowest BCUT2D eigenvalue weighted by Crippen LogP contribution is -2.46. The molecular weight excluding hydrogens is 240 g/mol. The maximum absolute atomic E-state index is 9.82. The zero-order valence-electron chi connectivity index (χ0n) is 11.8. The molecule has 0 bridgehead atoms. The zero-order chi connectivity index (χ0) is 13.9. The molecule has 19 heavy (non-hydrogen) atoms. The van der Waals surface area contributed by atoms with Crippen molar-refractivity contribution in [3.63, 3.8) is 0 Å². The molecule has 2 atom stereocenters. The molecule has 0 saturated heterocycles. The van der Waals surface area contributed by atoms with Crippen LogP contribution in [-0.4, -0.2) is 27.2 Å². The first-order chi connectivity index (χ1) is 9.10. The van der Waals surface area contributed by atoms with Gasteiger partial charge in [-0.3, -0.25) is 0 Å². The number of aromatic nitrogens is 2. The van der Waals surface area contributed by atoms with Gasteiger partial charge in [0, 0.05) is 5.56 Å². The van der Waals surface area contributed by atoms with Gasteiger partial charge in [-0.1, -0.05) is 26.7 Å². The second kappa shape index (κ2) is 5.74. The Morgan fingerprint density at radius 2 is 2.32 bits per heavy atom. The van der Waals surface area contributed by atoms with Crippen molar-refractivity contribution in [3.8, 4) is 0 Å². The summed E-state index contributed by atoms with van der Waals surface area (Å²) in [7, 11) is 0. The molecule has 0 radical (unpaired) electrons. The van der Waals surface area contributed by atoms with Crippen LogP contribution in [0.1, 0.15) is 45.1 Å². The summed E-state index contributed by atoms with van der Waals surface area (Å²) in [5, 5.41) is 13.3. The fourth-order valence-electron chi connectivity index (χ4n) is 3.09. The topological polar surface area (TPSA) is 84.1 Å². The van der Waals surface area contributed by atoms with Crippen molar-refractivity contribution < 1.29 is 5.11 Å². The Balaban J connectivity index is 2.25. The summed E-state index contributed by atoms with van der Waals surface area (Å²) >= 11 is 0. The highest BCUT2D eigenvalue weighted by molar-refractivity contribution is 5.56. The van der Waals surface area contributed by atoms with Crippen LogP contribution in [0.5, 0.6) is 0 Å². The van der Waals surface area contributed by atoms with Crippen molar-refractivity contribution in [2.75, 3.05) is 17.7 Å². The number of hydrogen-bond acceptors (Lipinski definition) is 5. The van der Waals surface area contributed by atoms with E-state index < -0.39 is 0 Å². The third-order valence-electron chi connectivity index (χ3n) is 4.11. The molecule has 1 aromatic heterocycles. The predicted molar refractivity (Wildman–Crippen MR) is 76.9 cm³/mol. The SMILES string of the molecule is CCc1c(N)ncnc1NC1(CO)CCCC(C)C1. The van der Waals surface area contributed by atoms with Gasteiger partial charge in [0.05, 0.1) is 12.1 Å². The molecule has 1 aliphatic rings. The van der Waals surface area contributed by atoms with Crippen LogP contribution in [0.25, 0.3) is 0 Å². The Morgan fingerprint density at radius 1 is 1.53 bits per heavy atom. The highest BCUT2D eigenvalue weighted by atomic mass is 16.3. The van der Waals surface area contributed by atoms with Crippen molar-refractivity contribution in [1.29, 1.82) is 0 Å². The van der Waals surface area contributed by atoms with Gasteiger partial charge >= 0.3 is 0 Å². The van der Waals surface area contributed by atoms with Gasteiger partial charge in [0.15, 0.2) is 0 Å². The number of nitrogens with two attached hydrogens (primary N) is 1. The summed E-state index contributed by atoms with van der Waals surface area (Å²) in [4.78, 5) is 8.34. The summed E-state index contributed by atoms with van der Waals surface area (Å²) in [6, 6.07) is 0. The monoisotopic (exact) mass is 264 g/mol. The third-order valence-corrected chi connectivity index (χ3v) is 4.11. The van der Waals surface area contributed by atoms with Crippen molar-refractivity contribution in [2.24, 2.45) is 5.92 Å². The van der Waals surface area contributed by atoms with E-state index >= 15 is 0 Å². The molecule has 1 fully saturated rings. The number of nitrogen functional groups attached to an aromatic ring is 1. The van der Waals surface area contributed by atoms with Gasteiger partial charge in [0.1, 0.15) is 18.0 Å². The van der Waals surface area contributed by atoms with E-state index in [0.717, 1.165) is 37.1 Å². The molecule has 5 heteroatoms. The lowest BCUT2D eigenvalue weighted by molar-refractivity contribution is 0.149. The molecule has 106 valence electrons. The van der Waals surface area contributed by atoms with E-state index in [0.29, 0.717) is 11.7 Å². The Bertz CT molecular complexity index is 437. The number of rotatable bonds is 4.